The molecule has 1 amide bonds. The highest BCUT2D eigenvalue weighted by Crippen LogP contribution is 2.26. The first-order valence-electron chi connectivity index (χ1n) is 7.95. The molecule has 0 saturated carbocycles. The third kappa shape index (κ3) is 3.58. The third-order valence-corrected chi connectivity index (χ3v) is 5.29. The largest absolute Gasteiger partial charge is 0.342 e. The lowest BCUT2D eigenvalue weighted by atomic mass is 10.1. The molecule has 122 valence electrons. The predicted octanol–water partition coefficient (Wildman–Crippen LogP) is 2.73. The Labute approximate surface area is 140 Å². The second kappa shape index (κ2) is 6.35. The average Bonchev–Trinajstić information content (AvgIpc) is 3.05. The van der Waals surface area contributed by atoms with Gasteiger partial charge in [-0.05, 0) is 40.2 Å². The molecular weight excluding hydrogens is 308 g/mol. The highest BCUT2D eigenvalue weighted by Gasteiger charge is 2.29. The first-order valence-corrected chi connectivity index (χ1v) is 8.77. The summed E-state index contributed by atoms with van der Waals surface area (Å²) in [5.74, 6) is 1.31. The lowest BCUT2D eigenvalue weighted by Crippen LogP contribution is -2.30. The van der Waals surface area contributed by atoms with Gasteiger partial charge in [0.25, 0.3) is 0 Å². The molecule has 1 aliphatic heterocycles. The third-order valence-electron chi connectivity index (χ3n) is 4.22. The van der Waals surface area contributed by atoms with Gasteiger partial charge in [0.1, 0.15) is 5.82 Å². The van der Waals surface area contributed by atoms with Crippen molar-refractivity contribution >= 4 is 17.2 Å². The number of nitrogens with zero attached hydrogens (tertiary/aromatic N) is 4. The van der Waals surface area contributed by atoms with Gasteiger partial charge in [-0.15, -0.1) is 11.3 Å². The molecule has 0 spiro atoms. The summed E-state index contributed by atoms with van der Waals surface area (Å²) >= 11 is 1.62. The van der Waals surface area contributed by atoms with Crippen LogP contribution < -0.4 is 0 Å². The molecular formula is C17H22N4OS. The molecule has 0 bridgehead atoms. The Bertz CT molecular complexity index is 720. The molecule has 23 heavy (non-hydrogen) atoms. The van der Waals surface area contributed by atoms with E-state index in [-0.39, 0.29) is 11.8 Å². The first kappa shape index (κ1) is 16.1. The summed E-state index contributed by atoms with van der Waals surface area (Å²) in [7, 11) is 0. The number of carbonyl (C=O) groups excluding carboxylic acids is 1. The van der Waals surface area contributed by atoms with Gasteiger partial charge in [0.05, 0.1) is 17.1 Å². The molecule has 1 aliphatic rings. The minimum Gasteiger partial charge on any atom is -0.342 e. The van der Waals surface area contributed by atoms with Crippen molar-refractivity contribution in [2.45, 2.75) is 46.5 Å². The van der Waals surface area contributed by atoms with Crippen LogP contribution in [0.1, 0.15) is 45.1 Å². The van der Waals surface area contributed by atoms with E-state index in [4.69, 9.17) is 0 Å². The van der Waals surface area contributed by atoms with Gasteiger partial charge in [-0.1, -0.05) is 0 Å². The van der Waals surface area contributed by atoms with Crippen molar-refractivity contribution < 1.29 is 4.79 Å². The maximum absolute atomic E-state index is 12.6. The number of thiazole rings is 1. The minimum atomic E-state index is 0.184. The van der Waals surface area contributed by atoms with Gasteiger partial charge in [-0.2, -0.15) is 0 Å². The van der Waals surface area contributed by atoms with Crippen molar-refractivity contribution in [3.63, 3.8) is 0 Å². The van der Waals surface area contributed by atoms with E-state index in [1.807, 2.05) is 38.7 Å². The Hall–Kier alpha value is -1.82. The predicted molar refractivity (Wildman–Crippen MR) is 90.7 cm³/mol. The number of carbonyl (C=O) groups is 1. The number of likely N-dealkylation sites (tertiary alicyclic amines) is 1. The van der Waals surface area contributed by atoms with Crippen LogP contribution in [-0.2, 0) is 11.2 Å². The standard InChI is InChI=1S/C17H22N4OS/c1-10-7-11(2)19-17(18-10)14-5-6-21(9-14)16(22)8-15-12(3)20-13(4)23-15/h7,14H,5-6,8-9H2,1-4H3/t14-/m1/s1. The zero-order valence-corrected chi connectivity index (χ0v) is 14.9. The van der Waals surface area contributed by atoms with E-state index in [9.17, 15) is 4.79 Å². The molecule has 0 radical (unpaired) electrons. The van der Waals surface area contributed by atoms with E-state index in [0.29, 0.717) is 6.42 Å². The number of hydrogen-bond donors (Lipinski definition) is 0. The first-order chi connectivity index (χ1) is 10.9. The van der Waals surface area contributed by atoms with Crippen molar-refractivity contribution in [2.75, 3.05) is 13.1 Å². The van der Waals surface area contributed by atoms with Crippen molar-refractivity contribution in [3.8, 4) is 0 Å². The van der Waals surface area contributed by atoms with Crippen LogP contribution in [0.3, 0.4) is 0 Å². The van der Waals surface area contributed by atoms with Gasteiger partial charge in [0, 0.05) is 35.3 Å². The van der Waals surface area contributed by atoms with Crippen molar-refractivity contribution in [1.82, 2.24) is 19.9 Å². The van der Waals surface area contributed by atoms with E-state index in [2.05, 4.69) is 15.0 Å². The van der Waals surface area contributed by atoms with Crippen LogP contribution in [0.4, 0.5) is 0 Å². The van der Waals surface area contributed by atoms with Crippen molar-refractivity contribution in [2.24, 2.45) is 0 Å². The van der Waals surface area contributed by atoms with Crippen LogP contribution in [0, 0.1) is 27.7 Å². The number of rotatable bonds is 3. The highest BCUT2D eigenvalue weighted by atomic mass is 32.1. The Morgan fingerprint density at radius 3 is 2.52 bits per heavy atom. The molecule has 0 N–H and O–H groups in total. The number of hydrogen-bond acceptors (Lipinski definition) is 5. The summed E-state index contributed by atoms with van der Waals surface area (Å²) in [6, 6.07) is 1.98. The quantitative estimate of drug-likeness (QED) is 0.868. The summed E-state index contributed by atoms with van der Waals surface area (Å²) in [6.45, 7) is 9.45. The number of aromatic nitrogens is 3. The smallest absolute Gasteiger partial charge is 0.227 e. The molecule has 0 unspecified atom stereocenters. The van der Waals surface area contributed by atoms with E-state index in [1.165, 1.54) is 0 Å². The fourth-order valence-corrected chi connectivity index (χ4v) is 4.05. The van der Waals surface area contributed by atoms with Gasteiger partial charge >= 0.3 is 0 Å². The van der Waals surface area contributed by atoms with Crippen LogP contribution >= 0.6 is 11.3 Å². The van der Waals surface area contributed by atoms with Crippen molar-refractivity contribution in [1.29, 1.82) is 0 Å². The summed E-state index contributed by atoms with van der Waals surface area (Å²) in [4.78, 5) is 29.1. The number of aryl methyl sites for hydroxylation is 4. The topological polar surface area (TPSA) is 59.0 Å². The molecule has 0 aromatic carbocycles. The Morgan fingerprint density at radius 1 is 1.22 bits per heavy atom. The lowest BCUT2D eigenvalue weighted by molar-refractivity contribution is -0.129. The highest BCUT2D eigenvalue weighted by molar-refractivity contribution is 7.11. The molecule has 2 aromatic rings. The normalized spacial score (nSPS) is 17.7. The number of amides is 1. The average molecular weight is 330 g/mol. The molecule has 5 nitrogen and oxygen atoms in total. The fraction of sp³-hybridized carbons (Fsp3) is 0.529. The maximum atomic E-state index is 12.6. The fourth-order valence-electron chi connectivity index (χ4n) is 3.12. The minimum absolute atomic E-state index is 0.184. The van der Waals surface area contributed by atoms with Gasteiger partial charge < -0.3 is 4.90 Å². The van der Waals surface area contributed by atoms with E-state index in [1.54, 1.807) is 11.3 Å². The van der Waals surface area contributed by atoms with Gasteiger partial charge in [-0.3, -0.25) is 4.79 Å². The van der Waals surface area contributed by atoms with Gasteiger partial charge in [0.2, 0.25) is 5.91 Å². The van der Waals surface area contributed by atoms with E-state index < -0.39 is 0 Å². The van der Waals surface area contributed by atoms with Gasteiger partial charge in [0.15, 0.2) is 0 Å². The van der Waals surface area contributed by atoms with Crippen LogP contribution in [-0.4, -0.2) is 38.8 Å². The molecule has 0 aliphatic carbocycles. The summed E-state index contributed by atoms with van der Waals surface area (Å²) in [5, 5.41) is 1.02. The lowest BCUT2D eigenvalue weighted by Gasteiger charge is -2.16. The molecule has 1 fully saturated rings. The maximum Gasteiger partial charge on any atom is 0.227 e. The van der Waals surface area contributed by atoms with Crippen LogP contribution in [0.25, 0.3) is 0 Å². The zero-order valence-electron chi connectivity index (χ0n) is 14.1. The molecule has 2 aromatic heterocycles. The summed E-state index contributed by atoms with van der Waals surface area (Å²) < 4.78 is 0. The van der Waals surface area contributed by atoms with Crippen molar-refractivity contribution in [3.05, 3.63) is 38.9 Å². The molecule has 3 heterocycles. The zero-order chi connectivity index (χ0) is 16.6. The van der Waals surface area contributed by atoms with Crippen LogP contribution in [0.5, 0.6) is 0 Å². The van der Waals surface area contributed by atoms with Crippen LogP contribution in [0.15, 0.2) is 6.07 Å². The Morgan fingerprint density at radius 2 is 1.91 bits per heavy atom. The molecule has 1 atom stereocenters. The second-order valence-electron chi connectivity index (χ2n) is 6.25. The molecule has 1 saturated heterocycles. The second-order valence-corrected chi connectivity index (χ2v) is 7.54. The monoisotopic (exact) mass is 330 g/mol. The molecule has 3 rings (SSSR count). The summed E-state index contributed by atoms with van der Waals surface area (Å²) in [6.07, 6.45) is 1.40. The van der Waals surface area contributed by atoms with Gasteiger partial charge in [-0.25, -0.2) is 15.0 Å². The summed E-state index contributed by atoms with van der Waals surface area (Å²) in [5.41, 5.74) is 2.97. The Balaban J connectivity index is 1.67. The molecule has 6 heteroatoms. The van der Waals surface area contributed by atoms with E-state index in [0.717, 1.165) is 52.3 Å². The van der Waals surface area contributed by atoms with E-state index >= 15 is 0 Å². The Kier molecular flexibility index (Phi) is 4.43. The van der Waals surface area contributed by atoms with Crippen LogP contribution in [0.2, 0.25) is 0 Å². The SMILES string of the molecule is Cc1cc(C)nc([C@@H]2CCN(C(=O)Cc3sc(C)nc3C)C2)n1.